The first-order chi connectivity index (χ1) is 13.3. The minimum Gasteiger partial charge on any atom is -0.431 e. The third kappa shape index (κ3) is 4.69. The van der Waals surface area contributed by atoms with Crippen LogP contribution in [0.25, 0.3) is 10.2 Å². The number of fused-ring (bicyclic) bond motifs is 1. The lowest BCUT2D eigenvalue weighted by atomic mass is 9.77. The van der Waals surface area contributed by atoms with E-state index < -0.39 is 0 Å². The first kappa shape index (κ1) is 18.5. The lowest BCUT2D eigenvalue weighted by Gasteiger charge is -2.29. The molecule has 0 aliphatic heterocycles. The van der Waals surface area contributed by atoms with E-state index in [1.54, 1.807) is 11.3 Å². The van der Waals surface area contributed by atoms with E-state index in [-0.39, 0.29) is 0 Å². The van der Waals surface area contributed by atoms with Crippen LogP contribution in [0, 0.1) is 11.8 Å². The molecule has 4 rings (SSSR count). The van der Waals surface area contributed by atoms with Crippen LogP contribution in [0.5, 0.6) is 10.9 Å². The second kappa shape index (κ2) is 8.85. The summed E-state index contributed by atoms with van der Waals surface area (Å²) in [5.41, 5.74) is 8.44. The van der Waals surface area contributed by atoms with Gasteiger partial charge in [-0.1, -0.05) is 67.7 Å². The molecule has 3 nitrogen and oxygen atoms in total. The monoisotopic (exact) mass is 380 g/mol. The Balaban J connectivity index is 1.34. The van der Waals surface area contributed by atoms with Gasteiger partial charge < -0.3 is 10.5 Å². The molecule has 1 atom stereocenters. The maximum atomic E-state index is 6.08. The van der Waals surface area contributed by atoms with E-state index in [0.29, 0.717) is 11.1 Å². The molecule has 2 N–H and O–H groups in total. The predicted octanol–water partition coefficient (Wildman–Crippen LogP) is 6.18. The fourth-order valence-corrected chi connectivity index (χ4v) is 5.06. The van der Waals surface area contributed by atoms with Crippen LogP contribution in [-0.4, -0.2) is 11.5 Å². The largest absolute Gasteiger partial charge is 0.431 e. The van der Waals surface area contributed by atoms with Crippen LogP contribution < -0.4 is 10.5 Å². The van der Waals surface area contributed by atoms with Gasteiger partial charge in [0.2, 0.25) is 0 Å². The van der Waals surface area contributed by atoms with Gasteiger partial charge in [-0.2, -0.15) is 0 Å². The fourth-order valence-electron chi connectivity index (χ4n) is 4.22. The molecule has 1 unspecified atom stereocenters. The number of rotatable bonds is 7. The van der Waals surface area contributed by atoms with E-state index in [4.69, 9.17) is 10.5 Å². The Labute approximate surface area is 165 Å². The fraction of sp³-hybridized carbons (Fsp3) is 0.435. The highest BCUT2D eigenvalue weighted by molar-refractivity contribution is 7.20. The van der Waals surface area contributed by atoms with Gasteiger partial charge in [-0.15, -0.1) is 0 Å². The van der Waals surface area contributed by atoms with Crippen LogP contribution >= 0.6 is 11.3 Å². The van der Waals surface area contributed by atoms with Crippen LogP contribution in [-0.2, 0) is 6.42 Å². The molecular weight excluding hydrogens is 352 g/mol. The quantitative estimate of drug-likeness (QED) is 0.533. The number of hydrogen-bond acceptors (Lipinski definition) is 4. The molecule has 1 aliphatic rings. The summed E-state index contributed by atoms with van der Waals surface area (Å²) in [6.45, 7) is 0.823. The molecule has 0 bridgehead atoms. The summed E-state index contributed by atoms with van der Waals surface area (Å²) in [6, 6.07) is 16.6. The molecule has 0 amide bonds. The smallest absolute Gasteiger partial charge is 0.279 e. The third-order valence-electron chi connectivity index (χ3n) is 5.83. The van der Waals surface area contributed by atoms with Crippen molar-refractivity contribution in [2.24, 2.45) is 17.6 Å². The molecule has 1 saturated carbocycles. The van der Waals surface area contributed by atoms with Gasteiger partial charge in [0.25, 0.3) is 5.19 Å². The normalized spacial score (nSPS) is 16.5. The maximum Gasteiger partial charge on any atom is 0.279 e. The van der Waals surface area contributed by atoms with E-state index in [0.717, 1.165) is 34.8 Å². The molecule has 0 radical (unpaired) electrons. The highest BCUT2D eigenvalue weighted by Crippen LogP contribution is 2.33. The predicted molar refractivity (Wildman–Crippen MR) is 114 cm³/mol. The topological polar surface area (TPSA) is 48.1 Å². The second-order valence-electron chi connectivity index (χ2n) is 7.63. The van der Waals surface area contributed by atoms with Crippen molar-refractivity contribution in [3.8, 4) is 10.9 Å². The average Bonchev–Trinajstić information content (AvgIpc) is 3.13. The summed E-state index contributed by atoms with van der Waals surface area (Å²) in [6.07, 6.45) is 9.22. The number of benzene rings is 2. The summed E-state index contributed by atoms with van der Waals surface area (Å²) >= 11 is 1.58. The van der Waals surface area contributed by atoms with Crippen LogP contribution in [0.3, 0.4) is 0 Å². The van der Waals surface area contributed by atoms with Crippen molar-refractivity contribution >= 4 is 21.6 Å². The van der Waals surface area contributed by atoms with Gasteiger partial charge in [-0.3, -0.25) is 0 Å². The number of ether oxygens (including phenoxy) is 1. The van der Waals surface area contributed by atoms with Crippen LogP contribution in [0.4, 0.5) is 0 Å². The van der Waals surface area contributed by atoms with E-state index in [1.807, 2.05) is 18.2 Å². The molecule has 1 aliphatic carbocycles. The summed E-state index contributed by atoms with van der Waals surface area (Å²) < 4.78 is 7.10. The Bertz CT molecular complexity index is 819. The number of aryl methyl sites for hydroxylation is 1. The highest BCUT2D eigenvalue weighted by atomic mass is 32.1. The lowest BCUT2D eigenvalue weighted by molar-refractivity contribution is 0.241. The lowest BCUT2D eigenvalue weighted by Crippen LogP contribution is -2.25. The zero-order valence-electron chi connectivity index (χ0n) is 15.8. The Morgan fingerprint density at radius 3 is 2.56 bits per heavy atom. The standard InChI is InChI=1S/C23H28N2OS/c24-16-19(18-6-2-1-3-7-18)13-10-17-11-14-20(15-12-17)26-23-25-21-8-4-5-9-22(21)27-23/h4-5,8-9,11-12,14-15,18-19H,1-3,6-7,10,13,16,24H2. The first-order valence-electron chi connectivity index (χ1n) is 10.1. The van der Waals surface area contributed by atoms with Gasteiger partial charge in [-0.25, -0.2) is 4.98 Å². The third-order valence-corrected chi connectivity index (χ3v) is 6.74. The molecule has 4 heteroatoms. The number of para-hydroxylation sites is 1. The van der Waals surface area contributed by atoms with Gasteiger partial charge in [0.1, 0.15) is 5.75 Å². The minimum absolute atomic E-state index is 0.670. The van der Waals surface area contributed by atoms with Crippen molar-refractivity contribution in [2.45, 2.75) is 44.9 Å². The zero-order chi connectivity index (χ0) is 18.5. The number of nitrogens with two attached hydrogens (primary N) is 1. The molecular formula is C23H28N2OS. The Morgan fingerprint density at radius 2 is 1.81 bits per heavy atom. The van der Waals surface area contributed by atoms with Crippen molar-refractivity contribution in [1.82, 2.24) is 4.98 Å². The molecule has 3 aromatic rings. The number of thiazole rings is 1. The number of nitrogens with zero attached hydrogens (tertiary/aromatic N) is 1. The number of hydrogen-bond donors (Lipinski definition) is 1. The minimum atomic E-state index is 0.670. The van der Waals surface area contributed by atoms with Crippen LogP contribution in [0.15, 0.2) is 48.5 Å². The molecule has 1 heterocycles. The van der Waals surface area contributed by atoms with Crippen LogP contribution in [0.2, 0.25) is 0 Å². The molecule has 1 fully saturated rings. The summed E-state index contributed by atoms with van der Waals surface area (Å²) in [5, 5.41) is 0.699. The Morgan fingerprint density at radius 1 is 1.04 bits per heavy atom. The van der Waals surface area contributed by atoms with E-state index in [9.17, 15) is 0 Å². The van der Waals surface area contributed by atoms with Crippen molar-refractivity contribution in [3.05, 3.63) is 54.1 Å². The number of aromatic nitrogens is 1. The van der Waals surface area contributed by atoms with Gasteiger partial charge in [0.05, 0.1) is 10.2 Å². The molecule has 2 aromatic carbocycles. The van der Waals surface area contributed by atoms with E-state index in [2.05, 4.69) is 35.3 Å². The zero-order valence-corrected chi connectivity index (χ0v) is 16.6. The molecule has 1 aromatic heterocycles. The van der Waals surface area contributed by atoms with Gasteiger partial charge in [-0.05, 0) is 61.1 Å². The summed E-state index contributed by atoms with van der Waals surface area (Å²) in [4.78, 5) is 4.54. The van der Waals surface area contributed by atoms with Crippen LogP contribution in [0.1, 0.15) is 44.1 Å². The molecule has 27 heavy (non-hydrogen) atoms. The van der Waals surface area contributed by atoms with Crippen molar-refractivity contribution in [2.75, 3.05) is 6.54 Å². The van der Waals surface area contributed by atoms with Gasteiger partial charge >= 0.3 is 0 Å². The highest BCUT2D eigenvalue weighted by Gasteiger charge is 2.22. The van der Waals surface area contributed by atoms with Gasteiger partial charge in [0, 0.05) is 0 Å². The average molecular weight is 381 g/mol. The van der Waals surface area contributed by atoms with Crippen molar-refractivity contribution < 1.29 is 4.74 Å². The molecule has 142 valence electrons. The second-order valence-corrected chi connectivity index (χ2v) is 8.62. The SMILES string of the molecule is NCC(CCc1ccc(Oc2nc3ccccc3s2)cc1)C1CCCCC1. The van der Waals surface area contributed by atoms with E-state index in [1.165, 1.54) is 44.1 Å². The summed E-state index contributed by atoms with van der Waals surface area (Å²) in [7, 11) is 0. The molecule has 0 spiro atoms. The first-order valence-corrected chi connectivity index (χ1v) is 11.0. The Hall–Kier alpha value is -1.91. The van der Waals surface area contributed by atoms with Crippen molar-refractivity contribution in [1.29, 1.82) is 0 Å². The van der Waals surface area contributed by atoms with Crippen molar-refractivity contribution in [3.63, 3.8) is 0 Å². The Kier molecular flexibility index (Phi) is 6.05. The maximum absolute atomic E-state index is 6.08. The summed E-state index contributed by atoms with van der Waals surface area (Å²) in [5.74, 6) is 2.36. The van der Waals surface area contributed by atoms with Gasteiger partial charge in [0.15, 0.2) is 0 Å². The van der Waals surface area contributed by atoms with E-state index >= 15 is 0 Å². The molecule has 0 saturated heterocycles.